The van der Waals surface area contributed by atoms with E-state index in [0.717, 1.165) is 33.2 Å². The van der Waals surface area contributed by atoms with Gasteiger partial charge in [0, 0.05) is 17.6 Å². The van der Waals surface area contributed by atoms with Gasteiger partial charge in [-0.3, -0.25) is 4.79 Å². The maximum absolute atomic E-state index is 11.2. The first-order valence-electron chi connectivity index (χ1n) is 7.60. The minimum atomic E-state index is -0.828. The Morgan fingerprint density at radius 1 is 1.39 bits per heavy atom. The van der Waals surface area contributed by atoms with E-state index < -0.39 is 11.9 Å². The Hall–Kier alpha value is -2.08. The van der Waals surface area contributed by atoms with Crippen molar-refractivity contribution in [2.45, 2.75) is 33.1 Å². The molecular weight excluding hydrogens is 312 g/mol. The number of nitrogens with zero attached hydrogens (tertiary/aromatic N) is 2. The van der Waals surface area contributed by atoms with Crippen molar-refractivity contribution in [3.63, 3.8) is 0 Å². The summed E-state index contributed by atoms with van der Waals surface area (Å²) in [5.74, 6) is -0.548. The molecule has 5 nitrogen and oxygen atoms in total. The number of aromatic nitrogens is 1. The molecule has 1 unspecified atom stereocenters. The number of carbonyl (C=O) groups is 1. The van der Waals surface area contributed by atoms with Crippen LogP contribution < -0.4 is 9.54 Å². The Morgan fingerprint density at radius 3 is 2.61 bits per heavy atom. The van der Waals surface area contributed by atoms with Crippen LogP contribution >= 0.6 is 11.3 Å². The monoisotopic (exact) mass is 334 g/mol. The first-order valence-corrected chi connectivity index (χ1v) is 8.42. The van der Waals surface area contributed by atoms with Gasteiger partial charge in [-0.2, -0.15) is 0 Å². The van der Waals surface area contributed by atoms with E-state index in [-0.39, 0.29) is 0 Å². The van der Waals surface area contributed by atoms with Crippen molar-refractivity contribution in [1.29, 1.82) is 0 Å². The van der Waals surface area contributed by atoms with Gasteiger partial charge in [0.25, 0.3) is 0 Å². The predicted octanol–water partition coefficient (Wildman–Crippen LogP) is 3.60. The summed E-state index contributed by atoms with van der Waals surface area (Å²) in [5.41, 5.74) is 1.62. The van der Waals surface area contributed by atoms with Crippen molar-refractivity contribution >= 4 is 23.0 Å². The van der Waals surface area contributed by atoms with Gasteiger partial charge in [-0.05, 0) is 44.5 Å². The van der Waals surface area contributed by atoms with Gasteiger partial charge >= 0.3 is 5.97 Å². The number of aliphatic carboxylic acids is 1. The molecule has 1 aromatic carbocycles. The van der Waals surface area contributed by atoms with Gasteiger partial charge in [-0.25, -0.2) is 4.99 Å². The lowest BCUT2D eigenvalue weighted by Crippen LogP contribution is -2.18. The number of aryl methyl sites for hydroxylation is 1. The maximum Gasteiger partial charge on any atom is 0.312 e. The summed E-state index contributed by atoms with van der Waals surface area (Å²) in [6.07, 6.45) is 0.973. The van der Waals surface area contributed by atoms with Crippen LogP contribution in [0, 0.1) is 6.92 Å². The average Bonchev–Trinajstić information content (AvgIpc) is 2.80. The molecule has 1 aromatic heterocycles. The zero-order chi connectivity index (χ0) is 17.0. The van der Waals surface area contributed by atoms with Gasteiger partial charge in [-0.15, -0.1) is 11.3 Å². The molecule has 0 saturated carbocycles. The maximum atomic E-state index is 11.2. The SMILES string of the molecule is CCCOc1ccc(N=c2sc(C)c(C(C)C(=O)O)n2C)cc1. The minimum Gasteiger partial charge on any atom is -0.494 e. The standard InChI is InChI=1S/C17H22N2O3S/c1-5-10-22-14-8-6-13(7-9-14)18-17-19(4)15(12(3)23-17)11(2)16(20)21/h6-9,11H,5,10H2,1-4H3,(H,20,21). The van der Waals surface area contributed by atoms with Crippen LogP contribution in [0.15, 0.2) is 29.3 Å². The van der Waals surface area contributed by atoms with Crippen molar-refractivity contribution in [1.82, 2.24) is 4.57 Å². The van der Waals surface area contributed by atoms with Crippen molar-refractivity contribution in [2.24, 2.45) is 12.0 Å². The highest BCUT2D eigenvalue weighted by molar-refractivity contribution is 7.09. The molecule has 0 fully saturated rings. The highest BCUT2D eigenvalue weighted by atomic mass is 32.1. The van der Waals surface area contributed by atoms with Crippen LogP contribution in [0.5, 0.6) is 5.75 Å². The second kappa shape index (κ2) is 7.46. The first-order chi connectivity index (χ1) is 10.9. The molecule has 0 bridgehead atoms. The van der Waals surface area contributed by atoms with Crippen LogP contribution in [-0.2, 0) is 11.8 Å². The van der Waals surface area contributed by atoms with E-state index in [1.807, 2.05) is 42.8 Å². The van der Waals surface area contributed by atoms with E-state index in [9.17, 15) is 9.90 Å². The molecule has 1 N–H and O–H groups in total. The van der Waals surface area contributed by atoms with Gasteiger partial charge < -0.3 is 14.4 Å². The fraction of sp³-hybridized carbons (Fsp3) is 0.412. The summed E-state index contributed by atoms with van der Waals surface area (Å²) in [7, 11) is 1.86. The highest BCUT2D eigenvalue weighted by Crippen LogP contribution is 2.22. The molecule has 23 heavy (non-hydrogen) atoms. The molecular formula is C17H22N2O3S. The topological polar surface area (TPSA) is 63.8 Å². The lowest BCUT2D eigenvalue weighted by molar-refractivity contribution is -0.138. The lowest BCUT2D eigenvalue weighted by atomic mass is 10.1. The number of benzene rings is 1. The van der Waals surface area contributed by atoms with E-state index in [1.54, 1.807) is 6.92 Å². The van der Waals surface area contributed by atoms with Crippen LogP contribution in [0.1, 0.15) is 36.8 Å². The molecule has 0 spiro atoms. The number of rotatable bonds is 6. The van der Waals surface area contributed by atoms with Crippen LogP contribution in [-0.4, -0.2) is 22.2 Å². The quantitative estimate of drug-likeness (QED) is 0.878. The van der Waals surface area contributed by atoms with Gasteiger partial charge in [0.15, 0.2) is 4.80 Å². The van der Waals surface area contributed by atoms with E-state index in [4.69, 9.17) is 4.74 Å². The third kappa shape index (κ3) is 4.01. The van der Waals surface area contributed by atoms with Crippen LogP contribution in [0.3, 0.4) is 0 Å². The summed E-state index contributed by atoms with van der Waals surface area (Å²) in [4.78, 5) is 17.6. The number of hydrogen-bond acceptors (Lipinski definition) is 4. The summed E-state index contributed by atoms with van der Waals surface area (Å²) < 4.78 is 7.42. The van der Waals surface area contributed by atoms with Gasteiger partial charge in [0.1, 0.15) is 5.75 Å². The Kier molecular flexibility index (Phi) is 5.60. The number of ether oxygens (including phenoxy) is 1. The van der Waals surface area contributed by atoms with Crippen molar-refractivity contribution in [3.8, 4) is 5.75 Å². The summed E-state index contributed by atoms with van der Waals surface area (Å²) in [6.45, 7) is 6.39. The first kappa shape index (κ1) is 17.3. The number of carboxylic acids is 1. The molecule has 1 heterocycles. The largest absolute Gasteiger partial charge is 0.494 e. The third-order valence-corrected chi connectivity index (χ3v) is 4.63. The number of thiazole rings is 1. The Balaban J connectivity index is 2.33. The summed E-state index contributed by atoms with van der Waals surface area (Å²) >= 11 is 1.50. The molecule has 0 amide bonds. The second-order valence-electron chi connectivity index (χ2n) is 5.40. The molecule has 2 rings (SSSR count). The van der Waals surface area contributed by atoms with Gasteiger partial charge in [0.05, 0.1) is 18.2 Å². The minimum absolute atomic E-state index is 0.551. The smallest absolute Gasteiger partial charge is 0.312 e. The Labute approximate surface area is 139 Å². The third-order valence-electron chi connectivity index (χ3n) is 3.57. The average molecular weight is 334 g/mol. The van der Waals surface area contributed by atoms with Crippen LogP contribution in [0.2, 0.25) is 0 Å². The molecule has 124 valence electrons. The number of carboxylic acid groups (broad SMARTS) is 1. The van der Waals surface area contributed by atoms with E-state index in [1.165, 1.54) is 11.3 Å². The molecule has 0 aliphatic heterocycles. The predicted molar refractivity (Wildman–Crippen MR) is 91.5 cm³/mol. The molecule has 0 radical (unpaired) electrons. The van der Waals surface area contributed by atoms with E-state index >= 15 is 0 Å². The highest BCUT2D eigenvalue weighted by Gasteiger charge is 2.20. The van der Waals surface area contributed by atoms with Crippen molar-refractivity contribution in [2.75, 3.05) is 6.61 Å². The lowest BCUT2D eigenvalue weighted by Gasteiger charge is -2.08. The second-order valence-corrected chi connectivity index (χ2v) is 6.58. The Bertz CT molecular complexity index is 744. The zero-order valence-corrected chi connectivity index (χ0v) is 14.7. The van der Waals surface area contributed by atoms with Crippen molar-refractivity contribution in [3.05, 3.63) is 39.6 Å². The fourth-order valence-corrected chi connectivity index (χ4v) is 3.43. The molecule has 0 aliphatic rings. The molecule has 0 aliphatic carbocycles. The molecule has 0 saturated heterocycles. The normalized spacial score (nSPS) is 13.1. The molecule has 6 heteroatoms. The van der Waals surface area contributed by atoms with E-state index in [2.05, 4.69) is 11.9 Å². The number of hydrogen-bond donors (Lipinski definition) is 1. The molecule has 1 atom stereocenters. The van der Waals surface area contributed by atoms with Crippen LogP contribution in [0.25, 0.3) is 0 Å². The van der Waals surface area contributed by atoms with E-state index in [0.29, 0.717) is 6.61 Å². The van der Waals surface area contributed by atoms with Gasteiger partial charge in [-0.1, -0.05) is 6.92 Å². The fourth-order valence-electron chi connectivity index (χ4n) is 2.35. The van der Waals surface area contributed by atoms with Crippen molar-refractivity contribution < 1.29 is 14.6 Å². The summed E-state index contributed by atoms with van der Waals surface area (Å²) in [6, 6.07) is 7.60. The van der Waals surface area contributed by atoms with Gasteiger partial charge in [0.2, 0.25) is 0 Å². The zero-order valence-electron chi connectivity index (χ0n) is 13.9. The molecule has 2 aromatic rings. The summed E-state index contributed by atoms with van der Waals surface area (Å²) in [5, 5.41) is 9.23. The van der Waals surface area contributed by atoms with Crippen LogP contribution in [0.4, 0.5) is 5.69 Å². The Morgan fingerprint density at radius 2 is 2.04 bits per heavy atom.